The predicted molar refractivity (Wildman–Crippen MR) is 55.1 cm³/mol. The summed E-state index contributed by atoms with van der Waals surface area (Å²) in [6.07, 6.45) is 6.95. The van der Waals surface area contributed by atoms with Crippen molar-refractivity contribution in [2.75, 3.05) is 0 Å². The highest BCUT2D eigenvalue weighted by Gasteiger charge is 1.79. The Kier molecular flexibility index (Phi) is 4.25. The van der Waals surface area contributed by atoms with Crippen LogP contribution in [-0.4, -0.2) is 0 Å². The molecule has 0 radical (unpaired) electrons. The molecule has 1 heteroatoms. The highest BCUT2D eigenvalue weighted by atomic mass is 35.5. The first kappa shape index (κ1) is 9.08. The summed E-state index contributed by atoms with van der Waals surface area (Å²) in [4.78, 5) is 0. The van der Waals surface area contributed by atoms with Crippen LogP contribution in [-0.2, 0) is 0 Å². The van der Waals surface area contributed by atoms with Crippen LogP contribution in [0.4, 0.5) is 0 Å². The van der Waals surface area contributed by atoms with Crippen LogP contribution in [0.1, 0.15) is 12.0 Å². The van der Waals surface area contributed by atoms with Crippen LogP contribution in [0.5, 0.6) is 0 Å². The SMILES string of the molecule is ClC=CCC=Cc1ccccc1. The zero-order valence-corrected chi connectivity index (χ0v) is 7.54. The van der Waals surface area contributed by atoms with Gasteiger partial charge in [0.1, 0.15) is 0 Å². The fourth-order valence-electron chi connectivity index (χ4n) is 0.898. The molecule has 62 valence electrons. The van der Waals surface area contributed by atoms with Crippen LogP contribution in [0, 0.1) is 0 Å². The third-order valence-electron chi connectivity index (χ3n) is 1.47. The summed E-state index contributed by atoms with van der Waals surface area (Å²) >= 11 is 5.37. The lowest BCUT2D eigenvalue weighted by Gasteiger charge is -1.88. The molecule has 0 atom stereocenters. The fraction of sp³-hybridized carbons (Fsp3) is 0.0909. The normalized spacial score (nSPS) is 11.4. The second kappa shape index (κ2) is 5.62. The third-order valence-corrected chi connectivity index (χ3v) is 1.65. The summed E-state index contributed by atoms with van der Waals surface area (Å²) in [5.41, 5.74) is 2.76. The molecular weight excluding hydrogens is 168 g/mol. The average molecular weight is 179 g/mol. The number of rotatable bonds is 3. The largest absolute Gasteiger partial charge is 0.0933 e. The molecule has 0 aliphatic heterocycles. The molecule has 1 rings (SSSR count). The van der Waals surface area contributed by atoms with E-state index in [-0.39, 0.29) is 0 Å². The Balaban J connectivity index is 2.47. The molecule has 0 saturated carbocycles. The van der Waals surface area contributed by atoms with Crippen molar-refractivity contribution in [1.29, 1.82) is 0 Å². The van der Waals surface area contributed by atoms with Crippen LogP contribution in [0.2, 0.25) is 0 Å². The molecular formula is C11H11Cl. The van der Waals surface area contributed by atoms with E-state index in [0.29, 0.717) is 0 Å². The van der Waals surface area contributed by atoms with Gasteiger partial charge in [0.15, 0.2) is 0 Å². The molecule has 0 aliphatic carbocycles. The molecule has 0 bridgehead atoms. The Bertz CT molecular complexity index is 260. The minimum Gasteiger partial charge on any atom is -0.0933 e. The zero-order valence-electron chi connectivity index (χ0n) is 6.78. The van der Waals surface area contributed by atoms with Crippen LogP contribution in [0.15, 0.2) is 48.0 Å². The maximum absolute atomic E-state index is 5.37. The Morgan fingerprint density at radius 3 is 2.50 bits per heavy atom. The summed E-state index contributed by atoms with van der Waals surface area (Å²) in [7, 11) is 0. The van der Waals surface area contributed by atoms with Gasteiger partial charge in [-0.1, -0.05) is 60.2 Å². The van der Waals surface area contributed by atoms with Gasteiger partial charge in [-0.3, -0.25) is 0 Å². The van der Waals surface area contributed by atoms with E-state index in [0.717, 1.165) is 6.42 Å². The maximum atomic E-state index is 5.37. The molecule has 0 nitrogen and oxygen atoms in total. The van der Waals surface area contributed by atoms with Gasteiger partial charge >= 0.3 is 0 Å². The zero-order chi connectivity index (χ0) is 8.65. The van der Waals surface area contributed by atoms with Crippen LogP contribution >= 0.6 is 11.6 Å². The highest BCUT2D eigenvalue weighted by Crippen LogP contribution is 2.01. The summed E-state index contributed by atoms with van der Waals surface area (Å²) in [5.74, 6) is 0. The number of halogens is 1. The van der Waals surface area contributed by atoms with E-state index in [4.69, 9.17) is 11.6 Å². The van der Waals surface area contributed by atoms with Crippen molar-refractivity contribution in [2.45, 2.75) is 6.42 Å². The minimum atomic E-state index is 0.887. The van der Waals surface area contributed by atoms with Crippen LogP contribution < -0.4 is 0 Å². The van der Waals surface area contributed by atoms with E-state index in [1.54, 1.807) is 0 Å². The van der Waals surface area contributed by atoms with Gasteiger partial charge in [0.25, 0.3) is 0 Å². The van der Waals surface area contributed by atoms with Gasteiger partial charge in [0.2, 0.25) is 0 Å². The lowest BCUT2D eigenvalue weighted by atomic mass is 10.2. The first-order valence-corrected chi connectivity index (χ1v) is 4.34. The van der Waals surface area contributed by atoms with Crippen molar-refractivity contribution in [3.8, 4) is 0 Å². The van der Waals surface area contributed by atoms with E-state index in [1.165, 1.54) is 11.1 Å². The Hall–Kier alpha value is -1.01. The van der Waals surface area contributed by atoms with Crippen molar-refractivity contribution in [3.05, 3.63) is 53.6 Å². The van der Waals surface area contributed by atoms with Crippen molar-refractivity contribution < 1.29 is 0 Å². The molecule has 12 heavy (non-hydrogen) atoms. The summed E-state index contributed by atoms with van der Waals surface area (Å²) in [5, 5.41) is 0. The van der Waals surface area contributed by atoms with Gasteiger partial charge in [0.05, 0.1) is 0 Å². The first-order valence-electron chi connectivity index (χ1n) is 3.90. The number of allylic oxidation sites excluding steroid dienone is 2. The Morgan fingerprint density at radius 1 is 1.08 bits per heavy atom. The van der Waals surface area contributed by atoms with Gasteiger partial charge in [0, 0.05) is 5.54 Å². The number of benzene rings is 1. The molecule has 0 N–H and O–H groups in total. The average Bonchev–Trinajstić information content (AvgIpc) is 2.14. The number of hydrogen-bond acceptors (Lipinski definition) is 0. The molecule has 0 aliphatic rings. The van der Waals surface area contributed by atoms with Crippen molar-refractivity contribution in [3.63, 3.8) is 0 Å². The topological polar surface area (TPSA) is 0 Å². The minimum absolute atomic E-state index is 0.887. The summed E-state index contributed by atoms with van der Waals surface area (Å²) in [6.45, 7) is 0. The molecule has 1 aromatic rings. The maximum Gasteiger partial charge on any atom is 0.000558 e. The second-order valence-electron chi connectivity index (χ2n) is 2.41. The lowest BCUT2D eigenvalue weighted by molar-refractivity contribution is 1.42. The molecule has 0 spiro atoms. The number of hydrogen-bond donors (Lipinski definition) is 0. The van der Waals surface area contributed by atoms with E-state index < -0.39 is 0 Å². The molecule has 0 aromatic heterocycles. The second-order valence-corrected chi connectivity index (χ2v) is 2.66. The van der Waals surface area contributed by atoms with Gasteiger partial charge in [-0.25, -0.2) is 0 Å². The quantitative estimate of drug-likeness (QED) is 0.660. The van der Waals surface area contributed by atoms with Crippen molar-refractivity contribution in [1.82, 2.24) is 0 Å². The molecule has 0 fully saturated rings. The fourth-order valence-corrected chi connectivity index (χ4v) is 1.00. The van der Waals surface area contributed by atoms with Crippen molar-refractivity contribution >= 4 is 17.7 Å². The first-order chi connectivity index (χ1) is 5.93. The Labute approximate surface area is 78.2 Å². The summed E-state index contributed by atoms with van der Waals surface area (Å²) < 4.78 is 0. The standard InChI is InChI=1S/C11H11Cl/c12-10-6-2-5-9-11-7-3-1-4-8-11/h1,3-10H,2H2. The molecule has 0 saturated heterocycles. The van der Waals surface area contributed by atoms with Crippen LogP contribution in [0.3, 0.4) is 0 Å². The third kappa shape index (κ3) is 3.40. The van der Waals surface area contributed by atoms with E-state index in [2.05, 4.69) is 24.3 Å². The predicted octanol–water partition coefficient (Wildman–Crippen LogP) is 3.84. The summed E-state index contributed by atoms with van der Waals surface area (Å²) in [6, 6.07) is 10.2. The van der Waals surface area contributed by atoms with Crippen LogP contribution in [0.25, 0.3) is 6.08 Å². The lowest BCUT2D eigenvalue weighted by Crippen LogP contribution is -1.67. The van der Waals surface area contributed by atoms with E-state index in [9.17, 15) is 0 Å². The van der Waals surface area contributed by atoms with E-state index >= 15 is 0 Å². The van der Waals surface area contributed by atoms with Gasteiger partial charge in [-0.05, 0) is 12.0 Å². The molecule has 0 unspecified atom stereocenters. The monoisotopic (exact) mass is 178 g/mol. The van der Waals surface area contributed by atoms with Gasteiger partial charge in [-0.15, -0.1) is 0 Å². The Morgan fingerprint density at radius 2 is 1.83 bits per heavy atom. The molecule has 0 heterocycles. The van der Waals surface area contributed by atoms with E-state index in [1.807, 2.05) is 24.3 Å². The highest BCUT2D eigenvalue weighted by molar-refractivity contribution is 6.25. The van der Waals surface area contributed by atoms with Crippen molar-refractivity contribution in [2.24, 2.45) is 0 Å². The molecule has 1 aromatic carbocycles. The molecule has 0 amide bonds. The van der Waals surface area contributed by atoms with Gasteiger partial charge < -0.3 is 0 Å². The smallest absolute Gasteiger partial charge is 0.000558 e. The van der Waals surface area contributed by atoms with Gasteiger partial charge in [-0.2, -0.15) is 0 Å².